The third-order valence-electron chi connectivity index (χ3n) is 2.90. The van der Waals surface area contributed by atoms with Gasteiger partial charge < -0.3 is 5.11 Å². The molecule has 64 valence electrons. The van der Waals surface area contributed by atoms with Crippen LogP contribution in [0.25, 0.3) is 0 Å². The van der Waals surface area contributed by atoms with Crippen molar-refractivity contribution in [3.8, 4) is 0 Å². The molecule has 0 saturated carbocycles. The highest BCUT2D eigenvalue weighted by Crippen LogP contribution is 2.33. The number of hydrogen-bond donors (Lipinski definition) is 1. The van der Waals surface area contributed by atoms with E-state index in [0.717, 1.165) is 18.3 Å². The fourth-order valence-corrected chi connectivity index (χ4v) is 1.82. The summed E-state index contributed by atoms with van der Waals surface area (Å²) in [6.45, 7) is 4.85. The number of hydrogen-bond acceptors (Lipinski definition) is 1. The maximum atomic E-state index is 8.66. The Morgan fingerprint density at radius 3 is 2.82 bits per heavy atom. The molecule has 0 aromatic carbocycles. The summed E-state index contributed by atoms with van der Waals surface area (Å²) < 4.78 is 0. The van der Waals surface area contributed by atoms with E-state index < -0.39 is 0 Å². The quantitative estimate of drug-likeness (QED) is 0.619. The summed E-state index contributed by atoms with van der Waals surface area (Å²) in [5, 5.41) is 8.66. The Bertz CT molecular complexity index is 149. The third-order valence-corrected chi connectivity index (χ3v) is 2.90. The molecule has 1 heteroatoms. The standard InChI is InChI=1S/C10H18O/c1-8-5-6-10(9(8)2)4-3-7-11/h5,9-11H,3-4,6-7H2,1-2H3. The molecule has 0 spiro atoms. The van der Waals surface area contributed by atoms with Crippen LogP contribution in [0.5, 0.6) is 0 Å². The number of aliphatic hydroxyl groups excluding tert-OH is 1. The lowest BCUT2D eigenvalue weighted by atomic mass is 9.90. The Hall–Kier alpha value is -0.300. The van der Waals surface area contributed by atoms with Gasteiger partial charge in [0, 0.05) is 6.61 Å². The van der Waals surface area contributed by atoms with Gasteiger partial charge >= 0.3 is 0 Å². The third kappa shape index (κ3) is 2.06. The molecule has 1 aliphatic rings. The van der Waals surface area contributed by atoms with Gasteiger partial charge in [0.1, 0.15) is 0 Å². The molecule has 0 saturated heterocycles. The SMILES string of the molecule is CC1=CCC(CCCO)C1C. The van der Waals surface area contributed by atoms with Crippen LogP contribution in [0.3, 0.4) is 0 Å². The van der Waals surface area contributed by atoms with E-state index >= 15 is 0 Å². The van der Waals surface area contributed by atoms with E-state index in [1.165, 1.54) is 18.4 Å². The first-order valence-electron chi connectivity index (χ1n) is 4.53. The fourth-order valence-electron chi connectivity index (χ4n) is 1.82. The van der Waals surface area contributed by atoms with Crippen LogP contribution >= 0.6 is 0 Å². The van der Waals surface area contributed by atoms with Gasteiger partial charge in [0.25, 0.3) is 0 Å². The average molecular weight is 154 g/mol. The van der Waals surface area contributed by atoms with Gasteiger partial charge in [0.15, 0.2) is 0 Å². The van der Waals surface area contributed by atoms with Crippen molar-refractivity contribution in [2.45, 2.75) is 33.1 Å². The van der Waals surface area contributed by atoms with Gasteiger partial charge in [-0.25, -0.2) is 0 Å². The molecule has 0 aliphatic heterocycles. The number of aliphatic hydroxyl groups is 1. The molecule has 0 bridgehead atoms. The van der Waals surface area contributed by atoms with Crippen molar-refractivity contribution in [3.05, 3.63) is 11.6 Å². The molecule has 1 rings (SSSR count). The van der Waals surface area contributed by atoms with E-state index in [-0.39, 0.29) is 0 Å². The smallest absolute Gasteiger partial charge is 0.0431 e. The monoisotopic (exact) mass is 154 g/mol. The fraction of sp³-hybridized carbons (Fsp3) is 0.800. The van der Waals surface area contributed by atoms with Crippen molar-refractivity contribution in [2.75, 3.05) is 6.61 Å². The zero-order chi connectivity index (χ0) is 8.27. The van der Waals surface area contributed by atoms with E-state index in [4.69, 9.17) is 5.11 Å². The zero-order valence-electron chi connectivity index (χ0n) is 7.51. The highest BCUT2D eigenvalue weighted by Gasteiger charge is 2.22. The van der Waals surface area contributed by atoms with E-state index in [1.807, 2.05) is 0 Å². The number of allylic oxidation sites excluding steroid dienone is 2. The summed E-state index contributed by atoms with van der Waals surface area (Å²) in [6.07, 6.45) is 5.72. The summed E-state index contributed by atoms with van der Waals surface area (Å²) >= 11 is 0. The first kappa shape index (κ1) is 8.79. The molecule has 0 radical (unpaired) electrons. The molecular formula is C10H18O. The molecule has 0 heterocycles. The average Bonchev–Trinajstić information content (AvgIpc) is 2.31. The van der Waals surface area contributed by atoms with Crippen molar-refractivity contribution in [1.29, 1.82) is 0 Å². The van der Waals surface area contributed by atoms with E-state index in [0.29, 0.717) is 6.61 Å². The van der Waals surface area contributed by atoms with Crippen LogP contribution in [0.15, 0.2) is 11.6 Å². The minimum absolute atomic E-state index is 0.349. The molecule has 1 nitrogen and oxygen atoms in total. The maximum absolute atomic E-state index is 8.66. The first-order valence-corrected chi connectivity index (χ1v) is 4.53. The molecule has 0 amide bonds. The van der Waals surface area contributed by atoms with Crippen LogP contribution in [0.4, 0.5) is 0 Å². The van der Waals surface area contributed by atoms with Crippen molar-refractivity contribution in [2.24, 2.45) is 11.8 Å². The van der Waals surface area contributed by atoms with Crippen LogP contribution in [0.1, 0.15) is 33.1 Å². The van der Waals surface area contributed by atoms with Gasteiger partial charge in [-0.05, 0) is 38.0 Å². The van der Waals surface area contributed by atoms with Gasteiger partial charge in [-0.15, -0.1) is 0 Å². The van der Waals surface area contributed by atoms with Crippen LogP contribution in [0.2, 0.25) is 0 Å². The molecule has 11 heavy (non-hydrogen) atoms. The molecule has 0 fully saturated rings. The Kier molecular flexibility index (Phi) is 3.13. The van der Waals surface area contributed by atoms with E-state index in [2.05, 4.69) is 19.9 Å². The van der Waals surface area contributed by atoms with E-state index in [1.54, 1.807) is 0 Å². The Morgan fingerprint density at radius 1 is 1.64 bits per heavy atom. The largest absolute Gasteiger partial charge is 0.396 e. The normalized spacial score (nSPS) is 30.6. The Labute approximate surface area is 69.1 Å². The lowest BCUT2D eigenvalue weighted by molar-refractivity contribution is 0.263. The van der Waals surface area contributed by atoms with Gasteiger partial charge in [-0.1, -0.05) is 18.6 Å². The minimum Gasteiger partial charge on any atom is -0.396 e. The van der Waals surface area contributed by atoms with Crippen LogP contribution in [0, 0.1) is 11.8 Å². The van der Waals surface area contributed by atoms with Crippen molar-refractivity contribution >= 4 is 0 Å². The van der Waals surface area contributed by atoms with Crippen molar-refractivity contribution in [3.63, 3.8) is 0 Å². The molecular weight excluding hydrogens is 136 g/mol. The van der Waals surface area contributed by atoms with Gasteiger partial charge in [0.05, 0.1) is 0 Å². The van der Waals surface area contributed by atoms with Crippen LogP contribution in [-0.2, 0) is 0 Å². The minimum atomic E-state index is 0.349. The lowest BCUT2D eigenvalue weighted by Gasteiger charge is -2.16. The maximum Gasteiger partial charge on any atom is 0.0431 e. The van der Waals surface area contributed by atoms with Gasteiger partial charge in [-0.3, -0.25) is 0 Å². The summed E-state index contributed by atoms with van der Waals surface area (Å²) in [5.74, 6) is 1.56. The summed E-state index contributed by atoms with van der Waals surface area (Å²) in [5.41, 5.74) is 1.54. The topological polar surface area (TPSA) is 20.2 Å². The summed E-state index contributed by atoms with van der Waals surface area (Å²) in [6, 6.07) is 0. The second-order valence-electron chi connectivity index (χ2n) is 3.60. The van der Waals surface area contributed by atoms with E-state index in [9.17, 15) is 0 Å². The lowest BCUT2D eigenvalue weighted by Crippen LogP contribution is -2.07. The summed E-state index contributed by atoms with van der Waals surface area (Å²) in [7, 11) is 0. The van der Waals surface area contributed by atoms with Gasteiger partial charge in [-0.2, -0.15) is 0 Å². The van der Waals surface area contributed by atoms with Crippen molar-refractivity contribution < 1.29 is 5.11 Å². The highest BCUT2D eigenvalue weighted by atomic mass is 16.2. The molecule has 1 N–H and O–H groups in total. The predicted octanol–water partition coefficient (Wildman–Crippen LogP) is 2.36. The highest BCUT2D eigenvalue weighted by molar-refractivity contribution is 5.11. The van der Waals surface area contributed by atoms with Crippen molar-refractivity contribution in [1.82, 2.24) is 0 Å². The Morgan fingerprint density at radius 2 is 2.36 bits per heavy atom. The first-order chi connectivity index (χ1) is 5.25. The zero-order valence-corrected chi connectivity index (χ0v) is 7.51. The molecule has 1 aliphatic carbocycles. The van der Waals surface area contributed by atoms with Crippen LogP contribution < -0.4 is 0 Å². The van der Waals surface area contributed by atoms with Gasteiger partial charge in [0.2, 0.25) is 0 Å². The second-order valence-corrected chi connectivity index (χ2v) is 3.60. The number of rotatable bonds is 3. The second kappa shape index (κ2) is 3.91. The molecule has 2 unspecified atom stereocenters. The summed E-state index contributed by atoms with van der Waals surface area (Å²) in [4.78, 5) is 0. The Balaban J connectivity index is 2.29. The molecule has 2 atom stereocenters. The molecule has 0 aromatic rings. The molecule has 0 aromatic heterocycles. The van der Waals surface area contributed by atoms with Crippen LogP contribution in [-0.4, -0.2) is 11.7 Å². The predicted molar refractivity (Wildman–Crippen MR) is 47.3 cm³/mol.